The average molecular weight is 339 g/mol. The molecule has 0 aliphatic rings. The second kappa shape index (κ2) is 5.69. The van der Waals surface area contributed by atoms with Crippen LogP contribution in [-0.2, 0) is 12.4 Å². The third kappa shape index (κ3) is 5.11. The summed E-state index contributed by atoms with van der Waals surface area (Å²) in [6.07, 6.45) is -15.2. The van der Waals surface area contributed by atoms with E-state index in [0.29, 0.717) is 0 Å². The van der Waals surface area contributed by atoms with Crippen LogP contribution < -0.4 is 5.32 Å². The predicted molar refractivity (Wildman–Crippen MR) is 54.8 cm³/mol. The van der Waals surface area contributed by atoms with Crippen molar-refractivity contribution in [2.75, 3.05) is 6.54 Å². The number of carbonyl (C=O) groups is 1. The third-order valence-electron chi connectivity index (χ3n) is 2.30. The normalized spacial score (nSPS) is 13.1. The summed E-state index contributed by atoms with van der Waals surface area (Å²) >= 11 is 0. The smallest absolute Gasteiger partial charge is 0.343 e. The molecule has 0 unspecified atom stereocenters. The molecule has 0 heterocycles. The Hall–Kier alpha value is -1.94. The molecule has 2 nitrogen and oxygen atoms in total. The molecule has 0 aromatic heterocycles. The van der Waals surface area contributed by atoms with Gasteiger partial charge in [0.2, 0.25) is 0 Å². The molecule has 1 amide bonds. The highest BCUT2D eigenvalue weighted by Crippen LogP contribution is 2.36. The van der Waals surface area contributed by atoms with Gasteiger partial charge in [0.25, 0.3) is 5.91 Å². The zero-order valence-corrected chi connectivity index (χ0v) is 10.2. The lowest BCUT2D eigenvalue weighted by atomic mass is 10.0. The molecule has 1 aromatic carbocycles. The van der Waals surface area contributed by atoms with Gasteiger partial charge in [-0.25, -0.2) is 0 Å². The molecule has 0 aliphatic heterocycles. The second-order valence-electron chi connectivity index (χ2n) is 4.09. The van der Waals surface area contributed by atoms with Crippen molar-refractivity contribution in [3.63, 3.8) is 0 Å². The maximum Gasteiger partial charge on any atom is 0.416 e. The Balaban J connectivity index is 3.21. The summed E-state index contributed by atoms with van der Waals surface area (Å²) in [7, 11) is 0. The van der Waals surface area contributed by atoms with E-state index < -0.39 is 47.7 Å². The number of benzene rings is 1. The lowest BCUT2D eigenvalue weighted by molar-refractivity contribution is -0.143. The average Bonchev–Trinajstić information content (AvgIpc) is 2.32. The van der Waals surface area contributed by atoms with Crippen molar-refractivity contribution in [3.8, 4) is 0 Å². The van der Waals surface area contributed by atoms with Gasteiger partial charge in [-0.05, 0) is 18.2 Å². The molecule has 0 atom stereocenters. The van der Waals surface area contributed by atoms with Crippen molar-refractivity contribution in [1.82, 2.24) is 5.32 Å². The van der Waals surface area contributed by atoms with E-state index in [1.165, 1.54) is 5.32 Å². The van der Waals surface area contributed by atoms with Crippen LogP contribution in [0.1, 0.15) is 21.5 Å². The van der Waals surface area contributed by atoms with Gasteiger partial charge < -0.3 is 5.32 Å². The molecule has 22 heavy (non-hydrogen) atoms. The van der Waals surface area contributed by atoms with Crippen LogP contribution in [0, 0.1) is 0 Å². The summed E-state index contributed by atoms with van der Waals surface area (Å²) in [6.45, 7) is -1.89. The number of carbonyl (C=O) groups excluding carboxylic acids is 1. The Morgan fingerprint density at radius 3 is 1.55 bits per heavy atom. The van der Waals surface area contributed by atoms with Crippen LogP contribution in [0.4, 0.5) is 39.5 Å². The van der Waals surface area contributed by atoms with E-state index in [1.807, 2.05) is 0 Å². The minimum atomic E-state index is -5.19. The molecule has 124 valence electrons. The Bertz CT molecular complexity index is 524. The zero-order valence-electron chi connectivity index (χ0n) is 10.2. The lowest BCUT2D eigenvalue weighted by Gasteiger charge is -2.14. The van der Waals surface area contributed by atoms with Gasteiger partial charge in [-0.3, -0.25) is 4.79 Å². The molecule has 0 aliphatic carbocycles. The number of hydrogen-bond acceptors (Lipinski definition) is 1. The monoisotopic (exact) mass is 339 g/mol. The molecule has 1 N–H and O–H groups in total. The van der Waals surface area contributed by atoms with Crippen LogP contribution in [0.15, 0.2) is 18.2 Å². The fraction of sp³-hybridized carbons (Fsp3) is 0.364. The first-order chi connectivity index (χ1) is 9.70. The molecule has 11 heteroatoms. The number of nitrogens with one attached hydrogen (secondary N) is 1. The van der Waals surface area contributed by atoms with Crippen LogP contribution >= 0.6 is 0 Å². The van der Waals surface area contributed by atoms with Gasteiger partial charge in [0, 0.05) is 5.56 Å². The fourth-order valence-corrected chi connectivity index (χ4v) is 1.37. The number of rotatable bonds is 2. The van der Waals surface area contributed by atoms with Crippen LogP contribution in [0.25, 0.3) is 0 Å². The highest BCUT2D eigenvalue weighted by atomic mass is 19.4. The maximum atomic E-state index is 12.5. The lowest BCUT2D eigenvalue weighted by Crippen LogP contribution is -2.34. The summed E-state index contributed by atoms with van der Waals surface area (Å²) in [6, 6.07) is -0.150. The second-order valence-corrected chi connectivity index (χ2v) is 4.09. The number of amides is 1. The summed E-state index contributed by atoms with van der Waals surface area (Å²) in [5, 5.41) is 1.20. The van der Waals surface area contributed by atoms with Crippen molar-refractivity contribution in [3.05, 3.63) is 34.9 Å². The van der Waals surface area contributed by atoms with Crippen LogP contribution in [0.5, 0.6) is 0 Å². The van der Waals surface area contributed by atoms with E-state index in [9.17, 15) is 44.3 Å². The van der Waals surface area contributed by atoms with Gasteiger partial charge in [0.15, 0.2) is 0 Å². The Morgan fingerprint density at radius 1 is 0.818 bits per heavy atom. The topological polar surface area (TPSA) is 29.1 Å². The van der Waals surface area contributed by atoms with Gasteiger partial charge >= 0.3 is 18.5 Å². The molecule has 0 saturated carbocycles. The minimum Gasteiger partial charge on any atom is -0.343 e. The number of alkyl halides is 9. The Morgan fingerprint density at radius 2 is 1.23 bits per heavy atom. The first kappa shape index (κ1) is 18.1. The molecule has 0 radical (unpaired) electrons. The number of halogens is 9. The quantitative estimate of drug-likeness (QED) is 0.811. The first-order valence-corrected chi connectivity index (χ1v) is 5.34. The highest BCUT2D eigenvalue weighted by Gasteiger charge is 2.37. The minimum absolute atomic E-state index is 0.0426. The zero-order chi connectivity index (χ0) is 17.3. The molecular weight excluding hydrogens is 333 g/mol. The van der Waals surface area contributed by atoms with E-state index in [1.54, 1.807) is 0 Å². The van der Waals surface area contributed by atoms with Crippen molar-refractivity contribution < 1.29 is 44.3 Å². The van der Waals surface area contributed by atoms with E-state index in [-0.39, 0.29) is 18.2 Å². The van der Waals surface area contributed by atoms with Gasteiger partial charge in [0.05, 0.1) is 11.1 Å². The van der Waals surface area contributed by atoms with E-state index in [2.05, 4.69) is 0 Å². The van der Waals surface area contributed by atoms with E-state index in [4.69, 9.17) is 0 Å². The van der Waals surface area contributed by atoms with Gasteiger partial charge in [-0.1, -0.05) is 0 Å². The van der Waals surface area contributed by atoms with Crippen LogP contribution in [0.3, 0.4) is 0 Å². The largest absolute Gasteiger partial charge is 0.416 e. The van der Waals surface area contributed by atoms with Crippen molar-refractivity contribution in [2.24, 2.45) is 0 Å². The molecule has 0 saturated heterocycles. The summed E-state index contributed by atoms with van der Waals surface area (Å²) in [4.78, 5) is 11.3. The maximum absolute atomic E-state index is 12.5. The van der Waals surface area contributed by atoms with Gasteiger partial charge in [-0.15, -0.1) is 0 Å². The molecule has 0 bridgehead atoms. The van der Waals surface area contributed by atoms with Crippen LogP contribution in [0.2, 0.25) is 0 Å². The predicted octanol–water partition coefficient (Wildman–Crippen LogP) is 4.02. The third-order valence-corrected chi connectivity index (χ3v) is 2.30. The van der Waals surface area contributed by atoms with Crippen molar-refractivity contribution in [2.45, 2.75) is 18.5 Å². The van der Waals surface area contributed by atoms with Crippen molar-refractivity contribution in [1.29, 1.82) is 0 Å². The molecule has 1 aromatic rings. The van der Waals surface area contributed by atoms with Crippen LogP contribution in [-0.4, -0.2) is 18.6 Å². The van der Waals surface area contributed by atoms with Crippen molar-refractivity contribution >= 4 is 5.91 Å². The SMILES string of the molecule is O=C(NCC(F)(F)F)c1cc(C(F)(F)F)cc(C(F)(F)F)c1. The highest BCUT2D eigenvalue weighted by molar-refractivity contribution is 5.94. The molecule has 1 rings (SSSR count). The first-order valence-electron chi connectivity index (χ1n) is 5.34. The van der Waals surface area contributed by atoms with E-state index >= 15 is 0 Å². The summed E-state index contributed by atoms with van der Waals surface area (Å²) < 4.78 is 111. The fourth-order valence-electron chi connectivity index (χ4n) is 1.37. The standard InChI is InChI=1S/C11H6F9NO/c12-9(13,14)4-21-8(22)5-1-6(10(15,16)17)3-7(2-5)11(18,19)20/h1-3H,4H2,(H,21,22). The summed E-state index contributed by atoms with van der Waals surface area (Å²) in [5.41, 5.74) is -4.76. The van der Waals surface area contributed by atoms with Gasteiger partial charge in [0.1, 0.15) is 6.54 Å². The summed E-state index contributed by atoms with van der Waals surface area (Å²) in [5.74, 6) is -1.70. The molecule has 0 fully saturated rings. The number of hydrogen-bond donors (Lipinski definition) is 1. The molecule has 0 spiro atoms. The Labute approximate surface area is 116 Å². The Kier molecular flexibility index (Phi) is 4.68. The van der Waals surface area contributed by atoms with Gasteiger partial charge in [-0.2, -0.15) is 39.5 Å². The molecular formula is C11H6F9NO. The van der Waals surface area contributed by atoms with E-state index in [0.717, 1.165) is 0 Å².